The van der Waals surface area contributed by atoms with E-state index in [0.29, 0.717) is 5.92 Å². The van der Waals surface area contributed by atoms with Crippen LogP contribution in [0.25, 0.3) is 0 Å². The predicted octanol–water partition coefficient (Wildman–Crippen LogP) is 4.53. The highest BCUT2D eigenvalue weighted by Gasteiger charge is 2.56. The molecule has 0 saturated heterocycles. The van der Waals surface area contributed by atoms with Gasteiger partial charge in [-0.25, -0.2) is 0 Å². The fourth-order valence-electron chi connectivity index (χ4n) is 5.78. The van der Waals surface area contributed by atoms with Crippen LogP contribution in [0.4, 0.5) is 0 Å². The first kappa shape index (κ1) is 19.2. The van der Waals surface area contributed by atoms with Crippen LogP contribution in [-0.4, -0.2) is 23.8 Å². The molecule has 3 rings (SSSR count). The first-order valence-electron chi connectivity index (χ1n) is 9.78. The zero-order valence-electron chi connectivity index (χ0n) is 16.3. The number of fused-ring (bicyclic) bond motifs is 1. The van der Waals surface area contributed by atoms with E-state index in [0.717, 1.165) is 44.1 Å². The lowest BCUT2D eigenvalue weighted by Crippen LogP contribution is -2.55. The van der Waals surface area contributed by atoms with Gasteiger partial charge in [-0.1, -0.05) is 26.8 Å². The number of aryl methyl sites for hydroxylation is 1. The number of aliphatic hydroxyl groups excluding tert-OH is 1. The van der Waals surface area contributed by atoms with Crippen molar-refractivity contribution in [2.75, 3.05) is 6.61 Å². The maximum absolute atomic E-state index is 11.7. The molecule has 1 N–H and O–H groups in total. The van der Waals surface area contributed by atoms with Crippen molar-refractivity contribution >= 4 is 5.97 Å². The van der Waals surface area contributed by atoms with E-state index in [-0.39, 0.29) is 35.4 Å². The number of ether oxygens (including phenoxy) is 1. The number of carbonyl (C=O) groups is 1. The number of furan rings is 1. The van der Waals surface area contributed by atoms with Gasteiger partial charge in [0.25, 0.3) is 0 Å². The van der Waals surface area contributed by atoms with Crippen LogP contribution in [0, 0.1) is 22.7 Å². The molecule has 0 aromatic carbocycles. The van der Waals surface area contributed by atoms with Gasteiger partial charge in [-0.3, -0.25) is 4.79 Å². The Kier molecular flexibility index (Phi) is 5.34. The van der Waals surface area contributed by atoms with Crippen molar-refractivity contribution in [1.82, 2.24) is 0 Å². The average Bonchev–Trinajstić information content (AvgIpc) is 3.09. The van der Waals surface area contributed by atoms with Gasteiger partial charge < -0.3 is 14.3 Å². The molecule has 2 saturated carbocycles. The Bertz CT molecular complexity index is 649. The molecule has 2 aliphatic carbocycles. The summed E-state index contributed by atoms with van der Waals surface area (Å²) in [6, 6.07) is 2.01. The molecule has 0 amide bonds. The smallest absolute Gasteiger partial charge is 0.303 e. The van der Waals surface area contributed by atoms with Gasteiger partial charge in [0.05, 0.1) is 12.5 Å². The monoisotopic (exact) mass is 360 g/mol. The van der Waals surface area contributed by atoms with Crippen molar-refractivity contribution in [1.29, 1.82) is 0 Å². The van der Waals surface area contributed by atoms with Crippen molar-refractivity contribution in [3.63, 3.8) is 0 Å². The summed E-state index contributed by atoms with van der Waals surface area (Å²) in [6.07, 6.45) is 9.20. The first-order valence-corrected chi connectivity index (χ1v) is 9.78. The number of hydrogen-bond acceptors (Lipinski definition) is 4. The third kappa shape index (κ3) is 3.36. The zero-order valence-corrected chi connectivity index (χ0v) is 16.3. The number of aliphatic hydroxyl groups is 1. The molecule has 0 bridgehead atoms. The average molecular weight is 360 g/mol. The van der Waals surface area contributed by atoms with Crippen LogP contribution in [0.15, 0.2) is 35.2 Å². The SMILES string of the molecule is C=C1[C@@H](OC(C)=O)C[C@@H]2[C@@](C)(CO)CCC[C@@]2(C)[C@@H]1CCc1ccoc1. The number of carbonyl (C=O) groups excluding carboxylic acids is 1. The van der Waals surface area contributed by atoms with Crippen LogP contribution in [0.5, 0.6) is 0 Å². The van der Waals surface area contributed by atoms with Crippen LogP contribution in [0.3, 0.4) is 0 Å². The number of esters is 1. The normalized spacial score (nSPS) is 37.2. The summed E-state index contributed by atoms with van der Waals surface area (Å²) >= 11 is 0. The second-order valence-electron chi connectivity index (χ2n) is 8.86. The Hall–Kier alpha value is -1.55. The number of hydrogen-bond donors (Lipinski definition) is 1. The lowest BCUT2D eigenvalue weighted by molar-refractivity contribution is -0.156. The van der Waals surface area contributed by atoms with Crippen LogP contribution < -0.4 is 0 Å². The van der Waals surface area contributed by atoms with Gasteiger partial charge in [-0.2, -0.15) is 0 Å². The summed E-state index contributed by atoms with van der Waals surface area (Å²) in [6.45, 7) is 10.6. The fraction of sp³-hybridized carbons (Fsp3) is 0.682. The Morgan fingerprint density at radius 1 is 1.42 bits per heavy atom. The maximum Gasteiger partial charge on any atom is 0.303 e. The van der Waals surface area contributed by atoms with E-state index in [1.165, 1.54) is 12.5 Å². The van der Waals surface area contributed by atoms with E-state index in [1.807, 2.05) is 6.07 Å². The van der Waals surface area contributed by atoms with Gasteiger partial charge in [0, 0.05) is 13.5 Å². The van der Waals surface area contributed by atoms with Crippen molar-refractivity contribution in [3.8, 4) is 0 Å². The van der Waals surface area contributed by atoms with Gasteiger partial charge in [0.15, 0.2) is 0 Å². The Balaban J connectivity index is 1.91. The van der Waals surface area contributed by atoms with E-state index < -0.39 is 0 Å². The minimum atomic E-state index is -0.255. The molecule has 1 heterocycles. The lowest BCUT2D eigenvalue weighted by atomic mass is 9.46. The van der Waals surface area contributed by atoms with Gasteiger partial charge in [0.2, 0.25) is 0 Å². The molecule has 0 aliphatic heterocycles. The highest BCUT2D eigenvalue weighted by atomic mass is 16.5. The fourth-order valence-corrected chi connectivity index (χ4v) is 5.78. The maximum atomic E-state index is 11.7. The van der Waals surface area contributed by atoms with Crippen LogP contribution in [-0.2, 0) is 16.0 Å². The van der Waals surface area contributed by atoms with Crippen LogP contribution in [0.1, 0.15) is 58.4 Å². The molecule has 0 spiro atoms. The third-order valence-corrected chi connectivity index (χ3v) is 7.18. The lowest BCUT2D eigenvalue weighted by Gasteiger charge is -2.59. The number of rotatable bonds is 5. The summed E-state index contributed by atoms with van der Waals surface area (Å²) < 4.78 is 10.9. The zero-order chi connectivity index (χ0) is 18.9. The molecule has 1 aromatic rings. The van der Waals surface area contributed by atoms with Crippen molar-refractivity contribution in [3.05, 3.63) is 36.3 Å². The van der Waals surface area contributed by atoms with E-state index >= 15 is 0 Å². The third-order valence-electron chi connectivity index (χ3n) is 7.18. The largest absolute Gasteiger partial charge is 0.472 e. The summed E-state index contributed by atoms with van der Waals surface area (Å²) in [5.74, 6) is 0.333. The minimum Gasteiger partial charge on any atom is -0.472 e. The van der Waals surface area contributed by atoms with Crippen molar-refractivity contribution in [2.45, 2.75) is 65.4 Å². The molecule has 0 unspecified atom stereocenters. The van der Waals surface area contributed by atoms with Gasteiger partial charge >= 0.3 is 5.97 Å². The van der Waals surface area contributed by atoms with Crippen LogP contribution in [0.2, 0.25) is 0 Å². The van der Waals surface area contributed by atoms with Crippen molar-refractivity contribution < 1.29 is 19.1 Å². The molecular formula is C22H32O4. The highest BCUT2D eigenvalue weighted by molar-refractivity contribution is 5.66. The molecule has 5 atom stereocenters. The summed E-state index contributed by atoms with van der Waals surface area (Å²) in [5, 5.41) is 10.2. The molecule has 4 heteroatoms. The Morgan fingerprint density at radius 2 is 2.19 bits per heavy atom. The molecule has 1 aromatic heterocycles. The summed E-state index contributed by atoms with van der Waals surface area (Å²) in [7, 11) is 0. The first-order chi connectivity index (χ1) is 12.3. The quantitative estimate of drug-likeness (QED) is 0.619. The summed E-state index contributed by atoms with van der Waals surface area (Å²) in [4.78, 5) is 11.7. The second kappa shape index (κ2) is 7.22. The predicted molar refractivity (Wildman–Crippen MR) is 100 cm³/mol. The van der Waals surface area contributed by atoms with Gasteiger partial charge in [0.1, 0.15) is 6.10 Å². The van der Waals surface area contributed by atoms with E-state index in [1.54, 1.807) is 12.5 Å². The molecule has 26 heavy (non-hydrogen) atoms. The van der Waals surface area contributed by atoms with Crippen molar-refractivity contribution in [2.24, 2.45) is 22.7 Å². The van der Waals surface area contributed by atoms with E-state index in [4.69, 9.17) is 9.15 Å². The molecule has 0 radical (unpaired) electrons. The standard InChI is InChI=1S/C22H32O4/c1-15-18(7-6-17-8-11-25-13-17)22(4)10-5-9-21(3,14-23)20(22)12-19(15)26-16(2)24/h8,11,13,18-20,23H,1,5-7,9-10,12,14H2,2-4H3/t18-,19+,20-,21-,22+/m1/s1. The van der Waals surface area contributed by atoms with Crippen LogP contribution >= 0.6 is 0 Å². The topological polar surface area (TPSA) is 59.7 Å². The van der Waals surface area contributed by atoms with Gasteiger partial charge in [-0.15, -0.1) is 0 Å². The highest BCUT2D eigenvalue weighted by Crippen LogP contribution is 2.62. The molecule has 2 aliphatic rings. The van der Waals surface area contributed by atoms with Gasteiger partial charge in [-0.05, 0) is 72.0 Å². The second-order valence-corrected chi connectivity index (χ2v) is 8.86. The Labute approximate surface area is 156 Å². The minimum absolute atomic E-state index is 0.0766. The molecule has 144 valence electrons. The molecule has 2 fully saturated rings. The summed E-state index contributed by atoms with van der Waals surface area (Å²) in [5.41, 5.74) is 2.19. The molecular weight excluding hydrogens is 328 g/mol. The van der Waals surface area contributed by atoms with E-state index in [2.05, 4.69) is 20.4 Å². The molecule has 4 nitrogen and oxygen atoms in total. The Morgan fingerprint density at radius 3 is 2.81 bits per heavy atom. The van der Waals surface area contributed by atoms with E-state index in [9.17, 15) is 9.90 Å².